The van der Waals surface area contributed by atoms with Crippen LogP contribution in [0.25, 0.3) is 10.8 Å². The van der Waals surface area contributed by atoms with E-state index in [2.05, 4.69) is 52.7 Å². The zero-order chi connectivity index (χ0) is 21.1. The Labute approximate surface area is 181 Å². The second-order valence-corrected chi connectivity index (χ2v) is 8.19. The van der Waals surface area contributed by atoms with Gasteiger partial charge in [-0.05, 0) is 41.3 Å². The van der Waals surface area contributed by atoms with E-state index in [1.807, 2.05) is 0 Å². The Kier molecular flexibility index (Phi) is 6.11. The average molecular weight is 424 g/mol. The number of hydrogen-bond acceptors (Lipinski definition) is 4. The van der Waals surface area contributed by atoms with E-state index in [1.165, 1.54) is 23.4 Å². The predicted molar refractivity (Wildman–Crippen MR) is 122 cm³/mol. The molecule has 0 aliphatic carbocycles. The number of halogens is 1. The number of nitrogens with one attached hydrogen (secondary N) is 1. The number of fused-ring (bicyclic) bond motifs is 1. The molecule has 0 atom stereocenters. The van der Waals surface area contributed by atoms with E-state index >= 15 is 0 Å². The highest BCUT2D eigenvalue weighted by atomic mass is 35.5. The van der Waals surface area contributed by atoms with E-state index in [1.54, 1.807) is 12.1 Å². The van der Waals surface area contributed by atoms with Gasteiger partial charge >= 0.3 is 0 Å². The molecule has 1 heterocycles. The van der Waals surface area contributed by atoms with E-state index in [0.29, 0.717) is 22.0 Å². The number of rotatable bonds is 5. The van der Waals surface area contributed by atoms with E-state index in [9.17, 15) is 4.79 Å². The van der Waals surface area contributed by atoms with Gasteiger partial charge < -0.3 is 15.8 Å². The summed E-state index contributed by atoms with van der Waals surface area (Å²) in [5.41, 5.74) is 7.93. The third kappa shape index (κ3) is 4.53. The standard InChI is InChI=1S/C24H26ClN3O2/c1-30-23-14-22(26)21(25)13-20(23)24(29)27-19-8-10-28(11-9-19)15-16-6-7-17-4-2-3-5-18(17)12-16/h2-7,12-14,19H,8-11,15,26H2,1H3,(H,27,29). The predicted octanol–water partition coefficient (Wildman–Crippen LogP) is 4.48. The number of piperidine rings is 1. The minimum absolute atomic E-state index is 0.131. The van der Waals surface area contributed by atoms with E-state index in [4.69, 9.17) is 22.1 Å². The first-order valence-corrected chi connectivity index (χ1v) is 10.5. The summed E-state index contributed by atoms with van der Waals surface area (Å²) in [6.07, 6.45) is 1.81. The first-order chi connectivity index (χ1) is 14.5. The molecule has 6 heteroatoms. The van der Waals surface area contributed by atoms with E-state index < -0.39 is 0 Å². The minimum atomic E-state index is -0.179. The molecule has 3 N–H and O–H groups in total. The number of nitrogens with zero attached hydrogens (tertiary/aromatic N) is 1. The van der Waals surface area contributed by atoms with Gasteiger partial charge in [0.05, 0.1) is 23.4 Å². The van der Waals surface area contributed by atoms with Crippen molar-refractivity contribution < 1.29 is 9.53 Å². The maximum atomic E-state index is 12.7. The largest absolute Gasteiger partial charge is 0.496 e. The molecule has 156 valence electrons. The average Bonchev–Trinajstić information content (AvgIpc) is 2.76. The van der Waals surface area contributed by atoms with Gasteiger partial charge in [-0.3, -0.25) is 9.69 Å². The lowest BCUT2D eigenvalue weighted by Crippen LogP contribution is -2.44. The summed E-state index contributed by atoms with van der Waals surface area (Å²) in [5, 5.41) is 6.01. The van der Waals surface area contributed by atoms with Crippen LogP contribution in [0.3, 0.4) is 0 Å². The van der Waals surface area contributed by atoms with Gasteiger partial charge in [0.2, 0.25) is 0 Å². The Morgan fingerprint density at radius 2 is 1.87 bits per heavy atom. The third-order valence-electron chi connectivity index (χ3n) is 5.71. The van der Waals surface area contributed by atoms with Crippen LogP contribution in [-0.4, -0.2) is 37.0 Å². The molecule has 0 saturated carbocycles. The van der Waals surface area contributed by atoms with Gasteiger partial charge in [-0.1, -0.05) is 48.0 Å². The molecule has 1 aliphatic heterocycles. The van der Waals surface area contributed by atoms with Crippen LogP contribution in [0.1, 0.15) is 28.8 Å². The Balaban J connectivity index is 1.34. The summed E-state index contributed by atoms with van der Waals surface area (Å²) >= 11 is 6.09. The van der Waals surface area contributed by atoms with Gasteiger partial charge in [0, 0.05) is 31.7 Å². The molecule has 0 spiro atoms. The number of ether oxygens (including phenoxy) is 1. The molecule has 0 bridgehead atoms. The lowest BCUT2D eigenvalue weighted by molar-refractivity contribution is 0.0906. The molecule has 5 nitrogen and oxygen atoms in total. The lowest BCUT2D eigenvalue weighted by Gasteiger charge is -2.32. The molecule has 3 aromatic carbocycles. The number of nitrogens with two attached hydrogens (primary N) is 1. The van der Waals surface area contributed by atoms with Crippen molar-refractivity contribution in [2.45, 2.75) is 25.4 Å². The number of carbonyl (C=O) groups is 1. The van der Waals surface area contributed by atoms with Crippen molar-refractivity contribution in [2.24, 2.45) is 0 Å². The summed E-state index contributed by atoms with van der Waals surface area (Å²) in [4.78, 5) is 15.2. The van der Waals surface area contributed by atoms with E-state index in [-0.39, 0.29) is 11.9 Å². The second kappa shape index (κ2) is 8.94. The third-order valence-corrected chi connectivity index (χ3v) is 6.03. The fraction of sp³-hybridized carbons (Fsp3) is 0.292. The Morgan fingerprint density at radius 1 is 1.13 bits per heavy atom. The molecule has 0 unspecified atom stereocenters. The van der Waals surface area contributed by atoms with Crippen LogP contribution in [0.15, 0.2) is 54.6 Å². The molecule has 0 radical (unpaired) electrons. The van der Waals surface area contributed by atoms with Gasteiger partial charge in [-0.2, -0.15) is 0 Å². The SMILES string of the molecule is COc1cc(N)c(Cl)cc1C(=O)NC1CCN(Cc2ccc3ccccc3c2)CC1. The number of amides is 1. The smallest absolute Gasteiger partial charge is 0.255 e. The number of likely N-dealkylation sites (tertiary alicyclic amines) is 1. The zero-order valence-electron chi connectivity index (χ0n) is 17.0. The normalized spacial score (nSPS) is 15.3. The Morgan fingerprint density at radius 3 is 2.60 bits per heavy atom. The number of benzene rings is 3. The maximum Gasteiger partial charge on any atom is 0.255 e. The number of carbonyl (C=O) groups excluding carboxylic acids is 1. The number of methoxy groups -OCH3 is 1. The van der Waals surface area contributed by atoms with Crippen LogP contribution in [-0.2, 0) is 6.54 Å². The molecule has 1 saturated heterocycles. The molecule has 4 rings (SSSR count). The molecular formula is C24H26ClN3O2. The summed E-state index contributed by atoms with van der Waals surface area (Å²) < 4.78 is 5.30. The second-order valence-electron chi connectivity index (χ2n) is 7.78. The monoisotopic (exact) mass is 423 g/mol. The van der Waals surface area contributed by atoms with Crippen molar-refractivity contribution in [2.75, 3.05) is 25.9 Å². The van der Waals surface area contributed by atoms with Crippen molar-refractivity contribution >= 4 is 34.0 Å². The molecule has 1 aliphatic rings. The fourth-order valence-electron chi connectivity index (χ4n) is 4.01. The fourth-order valence-corrected chi connectivity index (χ4v) is 4.17. The number of anilines is 1. The van der Waals surface area contributed by atoms with Gasteiger partial charge in [-0.15, -0.1) is 0 Å². The maximum absolute atomic E-state index is 12.7. The van der Waals surface area contributed by atoms with Gasteiger partial charge in [0.1, 0.15) is 5.75 Å². The molecule has 0 aromatic heterocycles. The van der Waals surface area contributed by atoms with Gasteiger partial charge in [0.25, 0.3) is 5.91 Å². The van der Waals surface area contributed by atoms with Gasteiger partial charge in [0.15, 0.2) is 0 Å². The summed E-state index contributed by atoms with van der Waals surface area (Å²) in [6.45, 7) is 2.81. The zero-order valence-corrected chi connectivity index (χ0v) is 17.8. The molecule has 1 amide bonds. The van der Waals surface area contributed by atoms with Crippen molar-refractivity contribution in [3.05, 3.63) is 70.7 Å². The van der Waals surface area contributed by atoms with E-state index in [0.717, 1.165) is 32.5 Å². The summed E-state index contributed by atoms with van der Waals surface area (Å²) in [6, 6.07) is 18.4. The Bertz CT molecular complexity index is 1060. The van der Waals surface area contributed by atoms with Crippen LogP contribution in [0, 0.1) is 0 Å². The summed E-state index contributed by atoms with van der Waals surface area (Å²) in [7, 11) is 1.52. The highest BCUT2D eigenvalue weighted by molar-refractivity contribution is 6.33. The quantitative estimate of drug-likeness (QED) is 0.594. The van der Waals surface area contributed by atoms with Crippen molar-refractivity contribution in [3.8, 4) is 5.75 Å². The topological polar surface area (TPSA) is 67.6 Å². The van der Waals surface area contributed by atoms with Crippen LogP contribution < -0.4 is 15.8 Å². The molecule has 30 heavy (non-hydrogen) atoms. The molecular weight excluding hydrogens is 398 g/mol. The highest BCUT2D eigenvalue weighted by Crippen LogP contribution is 2.29. The van der Waals surface area contributed by atoms with Crippen molar-refractivity contribution in [3.63, 3.8) is 0 Å². The van der Waals surface area contributed by atoms with Crippen molar-refractivity contribution in [1.29, 1.82) is 0 Å². The molecule has 1 fully saturated rings. The first kappa shape index (κ1) is 20.5. The summed E-state index contributed by atoms with van der Waals surface area (Å²) in [5.74, 6) is 0.255. The number of nitrogen functional groups attached to an aromatic ring is 1. The van der Waals surface area contributed by atoms with Gasteiger partial charge in [-0.25, -0.2) is 0 Å². The Hall–Kier alpha value is -2.76. The van der Waals surface area contributed by atoms with Crippen LogP contribution >= 0.6 is 11.6 Å². The highest BCUT2D eigenvalue weighted by Gasteiger charge is 2.23. The number of hydrogen-bond donors (Lipinski definition) is 2. The lowest BCUT2D eigenvalue weighted by atomic mass is 10.0. The molecule has 3 aromatic rings. The first-order valence-electron chi connectivity index (χ1n) is 10.2. The van der Waals surface area contributed by atoms with Crippen LogP contribution in [0.5, 0.6) is 5.75 Å². The van der Waals surface area contributed by atoms with Crippen molar-refractivity contribution in [1.82, 2.24) is 10.2 Å². The van der Waals surface area contributed by atoms with Crippen LogP contribution in [0.4, 0.5) is 5.69 Å². The van der Waals surface area contributed by atoms with Crippen LogP contribution in [0.2, 0.25) is 5.02 Å². The minimum Gasteiger partial charge on any atom is -0.496 e.